The quantitative estimate of drug-likeness (QED) is 0.349. The molecule has 0 saturated carbocycles. The van der Waals surface area contributed by atoms with Gasteiger partial charge in [0, 0.05) is 50.3 Å². The van der Waals surface area contributed by atoms with Gasteiger partial charge in [0.15, 0.2) is 0 Å². The van der Waals surface area contributed by atoms with E-state index in [0.717, 1.165) is 26.4 Å². The number of H-pyrrole nitrogens is 1. The van der Waals surface area contributed by atoms with Gasteiger partial charge < -0.3 is 10.3 Å². The summed E-state index contributed by atoms with van der Waals surface area (Å²) >= 11 is 1.44. The van der Waals surface area contributed by atoms with Crippen LogP contribution in [0.25, 0.3) is 10.9 Å². The maximum atomic E-state index is 12.6. The van der Waals surface area contributed by atoms with Gasteiger partial charge in [0.25, 0.3) is 11.6 Å². The summed E-state index contributed by atoms with van der Waals surface area (Å²) in [5.74, 6) is -0.193. The van der Waals surface area contributed by atoms with Crippen molar-refractivity contribution in [2.24, 2.45) is 0 Å². The van der Waals surface area contributed by atoms with E-state index < -0.39 is 4.92 Å². The summed E-state index contributed by atoms with van der Waals surface area (Å²) in [6.07, 6.45) is 1.86. The molecule has 0 aliphatic rings. The van der Waals surface area contributed by atoms with Gasteiger partial charge in [0.05, 0.1) is 4.92 Å². The van der Waals surface area contributed by atoms with E-state index in [-0.39, 0.29) is 11.6 Å². The Hall–Kier alpha value is -3.58. The van der Waals surface area contributed by atoms with Crippen LogP contribution < -0.4 is 5.32 Å². The lowest BCUT2D eigenvalue weighted by Gasteiger charge is -2.07. The second-order valence-electron chi connectivity index (χ2n) is 6.11. The Kier molecular flexibility index (Phi) is 4.82. The van der Waals surface area contributed by atoms with Gasteiger partial charge in [-0.3, -0.25) is 14.9 Å². The fraction of sp³-hybridized carbons (Fsp3) is 0. The number of rotatable bonds is 5. The lowest BCUT2D eigenvalue weighted by Crippen LogP contribution is -2.11. The molecule has 0 aliphatic carbocycles. The molecule has 0 aliphatic heterocycles. The number of carbonyl (C=O) groups is 1. The maximum absolute atomic E-state index is 12.6. The first kappa shape index (κ1) is 17.8. The Morgan fingerprint density at radius 3 is 2.57 bits per heavy atom. The summed E-state index contributed by atoms with van der Waals surface area (Å²) < 4.78 is 0. The average molecular weight is 389 g/mol. The summed E-state index contributed by atoms with van der Waals surface area (Å²) in [5, 5.41) is 14.7. The van der Waals surface area contributed by atoms with Crippen molar-refractivity contribution in [1.29, 1.82) is 0 Å². The molecule has 1 heterocycles. The lowest BCUT2D eigenvalue weighted by molar-refractivity contribution is -0.384. The Morgan fingerprint density at radius 2 is 1.79 bits per heavy atom. The van der Waals surface area contributed by atoms with Crippen molar-refractivity contribution in [2.45, 2.75) is 9.79 Å². The van der Waals surface area contributed by atoms with E-state index in [0.29, 0.717) is 5.56 Å². The van der Waals surface area contributed by atoms with Gasteiger partial charge in [-0.05, 0) is 54.6 Å². The number of fused-ring (bicyclic) bond motifs is 1. The highest BCUT2D eigenvalue weighted by atomic mass is 32.2. The van der Waals surface area contributed by atoms with Crippen LogP contribution in [0, 0.1) is 10.1 Å². The van der Waals surface area contributed by atoms with Crippen molar-refractivity contribution < 1.29 is 9.72 Å². The van der Waals surface area contributed by atoms with Crippen LogP contribution in [0.2, 0.25) is 0 Å². The highest BCUT2D eigenvalue weighted by molar-refractivity contribution is 7.99. The molecule has 0 spiro atoms. The highest BCUT2D eigenvalue weighted by Crippen LogP contribution is 2.29. The summed E-state index contributed by atoms with van der Waals surface area (Å²) in [6, 6.07) is 21.2. The van der Waals surface area contributed by atoms with Crippen LogP contribution in [0.3, 0.4) is 0 Å². The minimum absolute atomic E-state index is 0.0527. The van der Waals surface area contributed by atoms with E-state index in [1.165, 1.54) is 23.9 Å². The predicted octanol–water partition coefficient (Wildman–Crippen LogP) is 5.48. The number of benzene rings is 3. The van der Waals surface area contributed by atoms with Crippen molar-refractivity contribution in [3.8, 4) is 0 Å². The second-order valence-corrected chi connectivity index (χ2v) is 7.26. The smallest absolute Gasteiger partial charge is 0.269 e. The lowest BCUT2D eigenvalue weighted by atomic mass is 10.2. The number of aromatic nitrogens is 1. The standard InChI is InChI=1S/C21H15N3O3S/c25-21(23-16-4-9-20-14(12-16)10-11-22-20)15-2-1-3-19(13-15)28-18-7-5-17(6-8-18)24(26)27/h1-13,22H,(H,23,25). The van der Waals surface area contributed by atoms with Crippen molar-refractivity contribution in [3.63, 3.8) is 0 Å². The molecule has 0 atom stereocenters. The van der Waals surface area contributed by atoms with Gasteiger partial charge >= 0.3 is 0 Å². The van der Waals surface area contributed by atoms with Crippen molar-refractivity contribution in [2.75, 3.05) is 5.32 Å². The molecule has 0 fully saturated rings. The van der Waals surface area contributed by atoms with E-state index in [2.05, 4.69) is 10.3 Å². The number of nitrogens with zero attached hydrogens (tertiary/aromatic N) is 1. The number of hydrogen-bond donors (Lipinski definition) is 2. The molecule has 7 heteroatoms. The van der Waals surface area contributed by atoms with Crippen LogP contribution in [0.1, 0.15) is 10.4 Å². The van der Waals surface area contributed by atoms with Gasteiger partial charge in [-0.1, -0.05) is 17.8 Å². The van der Waals surface area contributed by atoms with E-state index in [4.69, 9.17) is 0 Å². The second kappa shape index (κ2) is 7.58. The molecule has 1 aromatic heterocycles. The van der Waals surface area contributed by atoms with E-state index in [9.17, 15) is 14.9 Å². The first-order chi connectivity index (χ1) is 13.6. The number of anilines is 1. The third-order valence-electron chi connectivity index (χ3n) is 4.19. The third kappa shape index (κ3) is 3.89. The molecule has 2 N–H and O–H groups in total. The van der Waals surface area contributed by atoms with Gasteiger partial charge in [-0.2, -0.15) is 0 Å². The molecule has 0 saturated heterocycles. The SMILES string of the molecule is O=C(Nc1ccc2[nH]ccc2c1)c1cccc(Sc2ccc([N+](=O)[O-])cc2)c1. The Labute approximate surface area is 164 Å². The Morgan fingerprint density at radius 1 is 0.964 bits per heavy atom. The predicted molar refractivity (Wildman–Crippen MR) is 110 cm³/mol. The van der Waals surface area contributed by atoms with Gasteiger partial charge in [0.1, 0.15) is 0 Å². The summed E-state index contributed by atoms with van der Waals surface area (Å²) in [7, 11) is 0. The van der Waals surface area contributed by atoms with Crippen LogP contribution in [-0.4, -0.2) is 15.8 Å². The molecule has 28 heavy (non-hydrogen) atoms. The topological polar surface area (TPSA) is 88.0 Å². The first-order valence-electron chi connectivity index (χ1n) is 8.49. The number of nitro benzene ring substituents is 1. The van der Waals surface area contributed by atoms with Gasteiger partial charge in [-0.15, -0.1) is 0 Å². The molecule has 1 amide bonds. The number of amides is 1. The van der Waals surface area contributed by atoms with Gasteiger partial charge in [0.2, 0.25) is 0 Å². The largest absolute Gasteiger partial charge is 0.361 e. The molecule has 0 radical (unpaired) electrons. The summed E-state index contributed by atoms with van der Waals surface area (Å²) in [6.45, 7) is 0. The van der Waals surface area contributed by atoms with Gasteiger partial charge in [-0.25, -0.2) is 0 Å². The number of aromatic amines is 1. The number of non-ortho nitro benzene ring substituents is 1. The molecule has 3 aromatic carbocycles. The van der Waals surface area contributed by atoms with Crippen LogP contribution >= 0.6 is 11.8 Å². The first-order valence-corrected chi connectivity index (χ1v) is 9.31. The van der Waals surface area contributed by atoms with Crippen molar-refractivity contribution in [1.82, 2.24) is 4.98 Å². The summed E-state index contributed by atoms with van der Waals surface area (Å²) in [4.78, 5) is 27.8. The molecule has 4 rings (SSSR count). The zero-order chi connectivity index (χ0) is 19.5. The Bertz CT molecular complexity index is 1170. The fourth-order valence-electron chi connectivity index (χ4n) is 2.81. The van der Waals surface area contributed by atoms with Crippen LogP contribution in [0.5, 0.6) is 0 Å². The normalized spacial score (nSPS) is 10.7. The molecule has 0 unspecified atom stereocenters. The molecule has 0 bridgehead atoms. The summed E-state index contributed by atoms with van der Waals surface area (Å²) in [5.41, 5.74) is 2.34. The zero-order valence-corrected chi connectivity index (χ0v) is 15.4. The van der Waals surface area contributed by atoms with E-state index in [1.807, 2.05) is 42.6 Å². The molecular weight excluding hydrogens is 374 g/mol. The number of hydrogen-bond acceptors (Lipinski definition) is 4. The van der Waals surface area contributed by atoms with Crippen molar-refractivity contribution >= 4 is 39.9 Å². The minimum atomic E-state index is -0.426. The molecule has 138 valence electrons. The number of nitrogens with one attached hydrogen (secondary N) is 2. The number of nitro groups is 1. The maximum Gasteiger partial charge on any atom is 0.269 e. The highest BCUT2D eigenvalue weighted by Gasteiger charge is 2.09. The third-order valence-corrected chi connectivity index (χ3v) is 5.19. The monoisotopic (exact) mass is 389 g/mol. The van der Waals surface area contributed by atoms with Crippen molar-refractivity contribution in [3.05, 3.63) is 94.7 Å². The van der Waals surface area contributed by atoms with Crippen LogP contribution in [0.4, 0.5) is 11.4 Å². The molecular formula is C21H15N3O3S. The zero-order valence-electron chi connectivity index (χ0n) is 14.6. The fourth-order valence-corrected chi connectivity index (χ4v) is 3.68. The average Bonchev–Trinajstić information content (AvgIpc) is 3.16. The minimum Gasteiger partial charge on any atom is -0.361 e. The Balaban J connectivity index is 1.49. The van der Waals surface area contributed by atoms with E-state index >= 15 is 0 Å². The number of carbonyl (C=O) groups excluding carboxylic acids is 1. The van der Waals surface area contributed by atoms with Crippen LogP contribution in [0.15, 0.2) is 88.8 Å². The van der Waals surface area contributed by atoms with Crippen LogP contribution in [-0.2, 0) is 0 Å². The molecule has 4 aromatic rings. The molecule has 6 nitrogen and oxygen atoms in total. The van der Waals surface area contributed by atoms with E-state index in [1.54, 1.807) is 24.3 Å².